The Labute approximate surface area is 152 Å². The molecule has 0 saturated carbocycles. The van der Waals surface area contributed by atoms with E-state index in [9.17, 15) is 4.79 Å². The minimum atomic E-state index is -0.0248. The van der Waals surface area contributed by atoms with Crippen LogP contribution >= 0.6 is 11.6 Å². The molecule has 1 aromatic heterocycles. The lowest BCUT2D eigenvalue weighted by molar-refractivity contribution is -0.892. The van der Waals surface area contributed by atoms with Crippen molar-refractivity contribution in [2.24, 2.45) is 0 Å². The Bertz CT molecular complexity index is 686. The lowest BCUT2D eigenvalue weighted by atomic mass is 10.1. The SMILES string of the molecule is C[C@H](NC(=O)C[NH+]1CCN(c2ncccn2)CC1)c1ccc(Cl)cc1. The summed E-state index contributed by atoms with van der Waals surface area (Å²) < 4.78 is 0. The molecule has 2 heterocycles. The Hall–Kier alpha value is -2.18. The van der Waals surface area contributed by atoms with Gasteiger partial charge in [-0.2, -0.15) is 0 Å². The highest BCUT2D eigenvalue weighted by atomic mass is 35.5. The van der Waals surface area contributed by atoms with E-state index >= 15 is 0 Å². The average molecular weight is 361 g/mol. The van der Waals surface area contributed by atoms with Crippen LogP contribution in [0.15, 0.2) is 42.7 Å². The Balaban J connectivity index is 1.45. The maximum absolute atomic E-state index is 12.3. The fourth-order valence-electron chi connectivity index (χ4n) is 3.01. The van der Waals surface area contributed by atoms with Crippen molar-refractivity contribution >= 4 is 23.5 Å². The predicted octanol–water partition coefficient (Wildman–Crippen LogP) is 0.712. The van der Waals surface area contributed by atoms with Gasteiger partial charge in [0.15, 0.2) is 6.54 Å². The number of anilines is 1. The molecule has 1 aliphatic rings. The number of nitrogens with one attached hydrogen (secondary N) is 2. The van der Waals surface area contributed by atoms with E-state index in [4.69, 9.17) is 11.6 Å². The van der Waals surface area contributed by atoms with Crippen molar-refractivity contribution in [2.45, 2.75) is 13.0 Å². The highest BCUT2D eigenvalue weighted by Gasteiger charge is 2.24. The van der Waals surface area contributed by atoms with Gasteiger partial charge in [-0.05, 0) is 30.7 Å². The van der Waals surface area contributed by atoms with Gasteiger partial charge in [-0.1, -0.05) is 23.7 Å². The van der Waals surface area contributed by atoms with Crippen molar-refractivity contribution in [2.75, 3.05) is 37.6 Å². The first-order valence-electron chi connectivity index (χ1n) is 8.52. The van der Waals surface area contributed by atoms with Crippen LogP contribution in [0.5, 0.6) is 0 Å². The van der Waals surface area contributed by atoms with E-state index in [0.717, 1.165) is 37.7 Å². The van der Waals surface area contributed by atoms with Crippen LogP contribution in [0.1, 0.15) is 18.5 Å². The molecule has 0 radical (unpaired) electrons. The lowest BCUT2D eigenvalue weighted by Gasteiger charge is -2.31. The topological polar surface area (TPSA) is 62.6 Å². The van der Waals surface area contributed by atoms with Crippen LogP contribution in [0.4, 0.5) is 5.95 Å². The summed E-state index contributed by atoms with van der Waals surface area (Å²) in [4.78, 5) is 24.3. The van der Waals surface area contributed by atoms with Gasteiger partial charge in [0.1, 0.15) is 0 Å². The second-order valence-corrected chi connectivity index (χ2v) is 6.74. The molecule has 132 valence electrons. The van der Waals surface area contributed by atoms with E-state index < -0.39 is 0 Å². The highest BCUT2D eigenvalue weighted by Crippen LogP contribution is 2.15. The number of hydrogen-bond donors (Lipinski definition) is 2. The maximum Gasteiger partial charge on any atom is 0.275 e. The number of nitrogens with zero attached hydrogens (tertiary/aromatic N) is 3. The number of rotatable bonds is 5. The predicted molar refractivity (Wildman–Crippen MR) is 97.8 cm³/mol. The zero-order valence-corrected chi connectivity index (χ0v) is 15.0. The van der Waals surface area contributed by atoms with Gasteiger partial charge >= 0.3 is 0 Å². The van der Waals surface area contributed by atoms with Crippen LogP contribution in [0.2, 0.25) is 5.02 Å². The van der Waals surface area contributed by atoms with E-state index in [1.165, 1.54) is 4.90 Å². The van der Waals surface area contributed by atoms with Crippen molar-refractivity contribution in [1.82, 2.24) is 15.3 Å². The first-order valence-corrected chi connectivity index (χ1v) is 8.90. The summed E-state index contributed by atoms with van der Waals surface area (Å²) in [6.07, 6.45) is 3.51. The molecule has 0 unspecified atom stereocenters. The third-order valence-electron chi connectivity index (χ3n) is 4.46. The van der Waals surface area contributed by atoms with E-state index in [1.54, 1.807) is 12.4 Å². The second kappa shape index (κ2) is 8.27. The normalized spacial score (nSPS) is 16.5. The molecule has 0 bridgehead atoms. The fraction of sp³-hybridized carbons (Fsp3) is 0.389. The summed E-state index contributed by atoms with van der Waals surface area (Å²) in [6, 6.07) is 9.36. The largest absolute Gasteiger partial charge is 0.345 e. The number of carbonyl (C=O) groups is 1. The van der Waals surface area contributed by atoms with Crippen molar-refractivity contribution in [3.63, 3.8) is 0 Å². The van der Waals surface area contributed by atoms with Gasteiger partial charge in [0.25, 0.3) is 5.91 Å². The van der Waals surface area contributed by atoms with E-state index in [1.807, 2.05) is 37.3 Å². The minimum Gasteiger partial charge on any atom is -0.345 e. The Morgan fingerprint density at radius 1 is 1.24 bits per heavy atom. The number of quaternary nitrogens is 1. The first-order chi connectivity index (χ1) is 12.1. The molecule has 0 aliphatic carbocycles. The molecular formula is C18H23ClN5O+. The summed E-state index contributed by atoms with van der Waals surface area (Å²) in [7, 11) is 0. The number of piperazine rings is 1. The molecule has 1 atom stereocenters. The summed E-state index contributed by atoms with van der Waals surface area (Å²) in [5, 5.41) is 3.77. The van der Waals surface area contributed by atoms with Crippen LogP contribution in [0.3, 0.4) is 0 Å². The molecule has 1 aliphatic heterocycles. The molecule has 1 aromatic carbocycles. The van der Waals surface area contributed by atoms with Crippen LogP contribution in [-0.2, 0) is 4.79 Å². The molecule has 0 spiro atoms. The zero-order valence-electron chi connectivity index (χ0n) is 14.3. The molecular weight excluding hydrogens is 338 g/mol. The fourth-order valence-corrected chi connectivity index (χ4v) is 3.13. The second-order valence-electron chi connectivity index (χ2n) is 6.30. The standard InChI is InChI=1S/C18H22ClN5O/c1-14(15-3-5-16(19)6-4-15)22-17(25)13-23-9-11-24(12-10-23)18-20-7-2-8-21-18/h2-8,14H,9-13H2,1H3,(H,22,25)/p+1/t14-/m0/s1. The van der Waals surface area contributed by atoms with Crippen LogP contribution in [0, 0.1) is 0 Å². The maximum atomic E-state index is 12.3. The van der Waals surface area contributed by atoms with E-state index in [2.05, 4.69) is 20.2 Å². The number of benzene rings is 1. The summed E-state index contributed by atoms with van der Waals surface area (Å²) in [5.41, 5.74) is 1.05. The zero-order chi connectivity index (χ0) is 17.6. The third kappa shape index (κ3) is 4.90. The van der Waals surface area contributed by atoms with Crippen molar-refractivity contribution < 1.29 is 9.69 Å². The summed E-state index contributed by atoms with van der Waals surface area (Å²) >= 11 is 5.90. The molecule has 25 heavy (non-hydrogen) atoms. The third-order valence-corrected chi connectivity index (χ3v) is 4.72. The molecule has 1 amide bonds. The van der Waals surface area contributed by atoms with Crippen LogP contribution in [0.25, 0.3) is 0 Å². The molecule has 2 N–H and O–H groups in total. The smallest absolute Gasteiger partial charge is 0.275 e. The molecule has 1 saturated heterocycles. The Morgan fingerprint density at radius 3 is 2.52 bits per heavy atom. The molecule has 1 fully saturated rings. The molecule has 3 rings (SSSR count). The van der Waals surface area contributed by atoms with Gasteiger partial charge < -0.3 is 15.1 Å². The Kier molecular flexibility index (Phi) is 5.83. The van der Waals surface area contributed by atoms with Crippen molar-refractivity contribution in [1.29, 1.82) is 0 Å². The number of amides is 1. The highest BCUT2D eigenvalue weighted by molar-refractivity contribution is 6.30. The first kappa shape index (κ1) is 17.6. The van der Waals surface area contributed by atoms with Gasteiger partial charge in [-0.3, -0.25) is 4.79 Å². The van der Waals surface area contributed by atoms with Gasteiger partial charge in [0, 0.05) is 17.4 Å². The lowest BCUT2D eigenvalue weighted by Crippen LogP contribution is -3.16. The van der Waals surface area contributed by atoms with Gasteiger partial charge in [-0.25, -0.2) is 9.97 Å². The van der Waals surface area contributed by atoms with E-state index in [0.29, 0.717) is 11.6 Å². The minimum absolute atomic E-state index is 0.0248. The molecule has 7 heteroatoms. The van der Waals surface area contributed by atoms with Gasteiger partial charge in [0.05, 0.1) is 32.2 Å². The number of aromatic nitrogens is 2. The van der Waals surface area contributed by atoms with E-state index in [-0.39, 0.29) is 11.9 Å². The monoisotopic (exact) mass is 360 g/mol. The number of halogens is 1. The summed E-state index contributed by atoms with van der Waals surface area (Å²) in [5.74, 6) is 0.837. The Morgan fingerprint density at radius 2 is 1.88 bits per heavy atom. The van der Waals surface area contributed by atoms with Crippen LogP contribution < -0.4 is 15.1 Å². The number of hydrogen-bond acceptors (Lipinski definition) is 4. The van der Waals surface area contributed by atoms with Crippen LogP contribution in [-0.4, -0.2) is 48.6 Å². The summed E-state index contributed by atoms with van der Waals surface area (Å²) in [6.45, 7) is 6.00. The van der Waals surface area contributed by atoms with Crippen molar-refractivity contribution in [3.8, 4) is 0 Å². The van der Waals surface area contributed by atoms with Gasteiger partial charge in [-0.15, -0.1) is 0 Å². The van der Waals surface area contributed by atoms with Crippen molar-refractivity contribution in [3.05, 3.63) is 53.3 Å². The molecule has 6 nitrogen and oxygen atoms in total. The number of carbonyl (C=O) groups excluding carboxylic acids is 1. The molecule has 2 aromatic rings. The average Bonchev–Trinajstić information content (AvgIpc) is 2.63. The quantitative estimate of drug-likeness (QED) is 0.824. The van der Waals surface area contributed by atoms with Gasteiger partial charge in [0.2, 0.25) is 5.95 Å².